The van der Waals surface area contributed by atoms with Gasteiger partial charge in [0, 0.05) is 36.7 Å². The molecular weight excluding hydrogens is 383 g/mol. The number of benzene rings is 2. The molecule has 0 radical (unpaired) electrons. The normalized spacial score (nSPS) is 13.7. The van der Waals surface area contributed by atoms with Gasteiger partial charge in [-0.25, -0.2) is 14.4 Å². The minimum atomic E-state index is -0.303. The first-order valence-corrected chi connectivity index (χ1v) is 10.0. The fraction of sp³-hybridized carbons (Fsp3) is 0.261. The van der Waals surface area contributed by atoms with Crippen LogP contribution in [0.2, 0.25) is 0 Å². The second-order valence-electron chi connectivity index (χ2n) is 7.28. The van der Waals surface area contributed by atoms with Crippen LogP contribution in [0.15, 0.2) is 54.9 Å². The number of ether oxygens (including phenoxy) is 1. The highest BCUT2D eigenvalue weighted by Crippen LogP contribution is 2.30. The zero-order chi connectivity index (χ0) is 20.9. The first-order chi connectivity index (χ1) is 14.6. The van der Waals surface area contributed by atoms with Gasteiger partial charge in [-0.2, -0.15) is 0 Å². The molecule has 7 heteroatoms. The lowest BCUT2D eigenvalue weighted by molar-refractivity contribution is 0.102. The molecule has 2 aromatic carbocycles. The molecule has 1 saturated heterocycles. The number of aryl methyl sites for hydroxylation is 1. The maximum Gasteiger partial charge on any atom is 0.263 e. The van der Waals surface area contributed by atoms with E-state index in [0.717, 1.165) is 31.7 Å². The second-order valence-corrected chi connectivity index (χ2v) is 7.28. The SMILES string of the molecule is Cc1cc(NC(=O)c2ccc(Oc3nccnc3N3CCCCC3)cc2)ccc1F. The number of nitrogens with zero attached hydrogens (tertiary/aromatic N) is 3. The summed E-state index contributed by atoms with van der Waals surface area (Å²) in [4.78, 5) is 23.5. The van der Waals surface area contributed by atoms with E-state index in [1.807, 2.05) is 0 Å². The van der Waals surface area contributed by atoms with Crippen molar-refractivity contribution in [2.45, 2.75) is 26.2 Å². The maximum atomic E-state index is 13.4. The third kappa shape index (κ3) is 4.56. The number of carbonyl (C=O) groups excluding carboxylic acids is 1. The summed E-state index contributed by atoms with van der Waals surface area (Å²) >= 11 is 0. The van der Waals surface area contributed by atoms with Crippen molar-refractivity contribution in [3.8, 4) is 11.6 Å². The molecule has 1 aliphatic heterocycles. The van der Waals surface area contributed by atoms with Crippen molar-refractivity contribution < 1.29 is 13.9 Å². The molecule has 0 unspecified atom stereocenters. The molecule has 1 aromatic heterocycles. The number of hydrogen-bond acceptors (Lipinski definition) is 5. The first-order valence-electron chi connectivity index (χ1n) is 10.0. The Hall–Kier alpha value is -3.48. The minimum Gasteiger partial charge on any atom is -0.436 e. The summed E-state index contributed by atoms with van der Waals surface area (Å²) in [6.45, 7) is 3.54. The number of piperidine rings is 1. The summed E-state index contributed by atoms with van der Waals surface area (Å²) < 4.78 is 19.3. The molecule has 6 nitrogen and oxygen atoms in total. The van der Waals surface area contributed by atoms with E-state index in [-0.39, 0.29) is 11.7 Å². The predicted octanol–water partition coefficient (Wildman–Crippen LogP) is 4.96. The molecule has 0 saturated carbocycles. The maximum absolute atomic E-state index is 13.4. The molecule has 4 rings (SSSR count). The van der Waals surface area contributed by atoms with E-state index in [4.69, 9.17) is 4.74 Å². The van der Waals surface area contributed by atoms with Crippen LogP contribution in [0.25, 0.3) is 0 Å². The lowest BCUT2D eigenvalue weighted by atomic mass is 10.1. The number of aromatic nitrogens is 2. The van der Waals surface area contributed by atoms with Crippen LogP contribution < -0.4 is 15.0 Å². The van der Waals surface area contributed by atoms with Gasteiger partial charge in [0.25, 0.3) is 11.8 Å². The Kier molecular flexibility index (Phi) is 5.88. The molecule has 2 heterocycles. The molecule has 0 aliphatic carbocycles. The molecule has 3 aromatic rings. The Morgan fingerprint density at radius 2 is 1.77 bits per heavy atom. The van der Waals surface area contributed by atoms with Gasteiger partial charge in [-0.15, -0.1) is 0 Å². The van der Waals surface area contributed by atoms with Crippen molar-refractivity contribution in [2.75, 3.05) is 23.3 Å². The van der Waals surface area contributed by atoms with E-state index in [1.165, 1.54) is 18.6 Å². The number of anilines is 2. The zero-order valence-corrected chi connectivity index (χ0v) is 16.8. The van der Waals surface area contributed by atoms with Gasteiger partial charge in [-0.3, -0.25) is 4.79 Å². The van der Waals surface area contributed by atoms with Gasteiger partial charge in [-0.05, 0) is 74.2 Å². The van der Waals surface area contributed by atoms with E-state index < -0.39 is 0 Å². The summed E-state index contributed by atoms with van der Waals surface area (Å²) in [5.74, 6) is 1.19. The van der Waals surface area contributed by atoms with Gasteiger partial charge in [-0.1, -0.05) is 0 Å². The van der Waals surface area contributed by atoms with E-state index in [0.29, 0.717) is 28.4 Å². The molecule has 1 N–H and O–H groups in total. The van der Waals surface area contributed by atoms with Crippen LogP contribution in [-0.2, 0) is 0 Å². The fourth-order valence-corrected chi connectivity index (χ4v) is 3.42. The van der Waals surface area contributed by atoms with Crippen LogP contribution in [0, 0.1) is 12.7 Å². The van der Waals surface area contributed by atoms with Crippen LogP contribution in [0.4, 0.5) is 15.9 Å². The predicted molar refractivity (Wildman–Crippen MR) is 114 cm³/mol. The van der Waals surface area contributed by atoms with Crippen molar-refractivity contribution in [1.82, 2.24) is 9.97 Å². The van der Waals surface area contributed by atoms with Crippen LogP contribution >= 0.6 is 0 Å². The number of carbonyl (C=O) groups is 1. The largest absolute Gasteiger partial charge is 0.436 e. The van der Waals surface area contributed by atoms with Crippen LogP contribution in [0.1, 0.15) is 35.2 Å². The van der Waals surface area contributed by atoms with Crippen molar-refractivity contribution in [1.29, 1.82) is 0 Å². The average Bonchev–Trinajstić information content (AvgIpc) is 2.78. The molecule has 0 spiro atoms. The van der Waals surface area contributed by atoms with Crippen molar-refractivity contribution in [3.05, 3.63) is 71.8 Å². The molecule has 1 aliphatic rings. The topological polar surface area (TPSA) is 67.3 Å². The number of halogens is 1. The fourth-order valence-electron chi connectivity index (χ4n) is 3.42. The molecule has 1 fully saturated rings. The highest BCUT2D eigenvalue weighted by molar-refractivity contribution is 6.04. The van der Waals surface area contributed by atoms with Crippen molar-refractivity contribution in [3.63, 3.8) is 0 Å². The number of rotatable bonds is 5. The van der Waals surface area contributed by atoms with Gasteiger partial charge >= 0.3 is 0 Å². The highest BCUT2D eigenvalue weighted by Gasteiger charge is 2.18. The first kappa shape index (κ1) is 19.8. The second kappa shape index (κ2) is 8.90. The molecular formula is C23H23FN4O2. The Morgan fingerprint density at radius 1 is 1.03 bits per heavy atom. The average molecular weight is 406 g/mol. The Balaban J connectivity index is 1.45. The third-order valence-electron chi connectivity index (χ3n) is 5.05. The van der Waals surface area contributed by atoms with Crippen LogP contribution in [0.5, 0.6) is 11.6 Å². The lowest BCUT2D eigenvalue weighted by Gasteiger charge is -2.28. The summed E-state index contributed by atoms with van der Waals surface area (Å²) in [7, 11) is 0. The van der Waals surface area contributed by atoms with E-state index in [1.54, 1.807) is 49.6 Å². The zero-order valence-electron chi connectivity index (χ0n) is 16.8. The summed E-state index contributed by atoms with van der Waals surface area (Å²) in [6.07, 6.45) is 6.77. The van der Waals surface area contributed by atoms with Gasteiger partial charge in [0.05, 0.1) is 0 Å². The quantitative estimate of drug-likeness (QED) is 0.649. The smallest absolute Gasteiger partial charge is 0.263 e. The monoisotopic (exact) mass is 406 g/mol. The third-order valence-corrected chi connectivity index (χ3v) is 5.05. The van der Waals surface area contributed by atoms with Gasteiger partial charge in [0.15, 0.2) is 5.82 Å². The summed E-state index contributed by atoms with van der Waals surface area (Å²) in [5.41, 5.74) is 1.50. The molecule has 0 bridgehead atoms. The van der Waals surface area contributed by atoms with Gasteiger partial charge < -0.3 is 15.0 Å². The Labute approximate surface area is 174 Å². The van der Waals surface area contributed by atoms with Crippen LogP contribution in [0.3, 0.4) is 0 Å². The van der Waals surface area contributed by atoms with E-state index >= 15 is 0 Å². The van der Waals surface area contributed by atoms with Crippen LogP contribution in [-0.4, -0.2) is 29.0 Å². The lowest BCUT2D eigenvalue weighted by Crippen LogP contribution is -2.30. The van der Waals surface area contributed by atoms with Crippen molar-refractivity contribution >= 4 is 17.4 Å². The minimum absolute atomic E-state index is 0.277. The van der Waals surface area contributed by atoms with Gasteiger partial charge in [0.1, 0.15) is 11.6 Å². The molecule has 154 valence electrons. The Morgan fingerprint density at radius 3 is 2.50 bits per heavy atom. The Bertz CT molecular complexity index is 1030. The van der Waals surface area contributed by atoms with E-state index in [9.17, 15) is 9.18 Å². The number of nitrogens with one attached hydrogen (secondary N) is 1. The number of amides is 1. The van der Waals surface area contributed by atoms with Gasteiger partial charge in [0.2, 0.25) is 0 Å². The highest BCUT2D eigenvalue weighted by atomic mass is 19.1. The number of hydrogen-bond donors (Lipinski definition) is 1. The standard InChI is InChI=1S/C23H23FN4O2/c1-16-15-18(7-10-20(16)24)27-22(29)17-5-8-19(9-6-17)30-23-21(25-11-12-26-23)28-13-3-2-4-14-28/h5-12,15H,2-4,13-14H2,1H3,(H,27,29). The van der Waals surface area contributed by atoms with Crippen molar-refractivity contribution in [2.24, 2.45) is 0 Å². The molecule has 1 amide bonds. The molecule has 0 atom stereocenters. The summed E-state index contributed by atoms with van der Waals surface area (Å²) in [5, 5.41) is 2.77. The molecule has 30 heavy (non-hydrogen) atoms. The van der Waals surface area contributed by atoms with E-state index in [2.05, 4.69) is 20.2 Å². The summed E-state index contributed by atoms with van der Waals surface area (Å²) in [6, 6.07) is 11.3.